The highest BCUT2D eigenvalue weighted by Crippen LogP contribution is 2.41. The zero-order valence-corrected chi connectivity index (χ0v) is 19.6. The van der Waals surface area contributed by atoms with Gasteiger partial charge in [-0.15, -0.1) is 0 Å². The Balaban J connectivity index is 1.56. The lowest BCUT2D eigenvalue weighted by molar-refractivity contribution is -0.130. The van der Waals surface area contributed by atoms with Crippen LogP contribution >= 0.6 is 0 Å². The van der Waals surface area contributed by atoms with Crippen molar-refractivity contribution >= 4 is 11.7 Å². The number of furan rings is 1. The molecule has 0 aliphatic carbocycles. The van der Waals surface area contributed by atoms with Gasteiger partial charge in [-0.05, 0) is 61.3 Å². The van der Waals surface area contributed by atoms with Crippen LogP contribution < -0.4 is 4.74 Å². The topological polar surface area (TPSA) is 83.2 Å². The molecule has 1 saturated heterocycles. The van der Waals surface area contributed by atoms with Crippen LogP contribution in [-0.2, 0) is 4.79 Å². The summed E-state index contributed by atoms with van der Waals surface area (Å²) in [7, 11) is 1.58. The molecule has 5 rings (SSSR count). The zero-order chi connectivity index (χ0) is 24.4. The minimum atomic E-state index is -0.750. The third kappa shape index (κ3) is 4.35. The first kappa shape index (κ1) is 22.9. The number of nitrogens with zero attached hydrogens (tertiary/aromatic N) is 2. The van der Waals surface area contributed by atoms with E-state index in [9.17, 15) is 14.7 Å². The normalized spacial score (nSPS) is 19.4. The van der Waals surface area contributed by atoms with E-state index in [4.69, 9.17) is 9.15 Å². The number of carbonyl (C=O) groups excluding carboxylic acids is 2. The van der Waals surface area contributed by atoms with Crippen molar-refractivity contribution in [1.29, 1.82) is 0 Å². The maximum atomic E-state index is 13.5. The predicted octanol–water partition coefficient (Wildman–Crippen LogP) is 4.70. The highest BCUT2D eigenvalue weighted by atomic mass is 16.5. The largest absolute Gasteiger partial charge is 0.503 e. The van der Waals surface area contributed by atoms with Gasteiger partial charge < -0.3 is 19.2 Å². The van der Waals surface area contributed by atoms with Crippen LogP contribution in [0.1, 0.15) is 46.6 Å². The summed E-state index contributed by atoms with van der Waals surface area (Å²) >= 11 is 0. The Labute approximate surface area is 204 Å². The fraction of sp³-hybridized carbons (Fsp3) is 0.286. The van der Waals surface area contributed by atoms with Crippen molar-refractivity contribution in [2.45, 2.75) is 24.9 Å². The molecule has 3 aromatic rings. The minimum absolute atomic E-state index is 0.0309. The van der Waals surface area contributed by atoms with Crippen LogP contribution in [0.15, 0.2) is 88.7 Å². The van der Waals surface area contributed by atoms with Crippen molar-refractivity contribution in [2.75, 3.05) is 26.7 Å². The van der Waals surface area contributed by atoms with Crippen molar-refractivity contribution in [1.82, 2.24) is 9.80 Å². The van der Waals surface area contributed by atoms with Crippen molar-refractivity contribution in [3.05, 3.63) is 101 Å². The highest BCUT2D eigenvalue weighted by Gasteiger charge is 2.45. The van der Waals surface area contributed by atoms with E-state index in [0.717, 1.165) is 31.5 Å². The fourth-order valence-electron chi connectivity index (χ4n) is 5.09. The Hall–Kier alpha value is -3.84. The SMILES string of the molecule is COc1ccc(C2C(C(=O)c3ccco3)=C(O)C(=O)N2CC(c2ccccc2)N2CCCC2)cc1. The van der Waals surface area contributed by atoms with Gasteiger partial charge >= 0.3 is 0 Å². The molecular formula is C28H28N2O5. The number of ketones is 1. The first-order valence-corrected chi connectivity index (χ1v) is 11.8. The quantitative estimate of drug-likeness (QED) is 0.479. The second-order valence-electron chi connectivity index (χ2n) is 8.87. The lowest BCUT2D eigenvalue weighted by Gasteiger charge is -2.35. The molecule has 0 saturated carbocycles. The van der Waals surface area contributed by atoms with Crippen LogP contribution in [0.3, 0.4) is 0 Å². The molecule has 1 aromatic heterocycles. The van der Waals surface area contributed by atoms with E-state index in [-0.39, 0.29) is 17.4 Å². The number of hydrogen-bond donors (Lipinski definition) is 1. The number of ether oxygens (including phenoxy) is 1. The maximum absolute atomic E-state index is 13.5. The number of hydrogen-bond acceptors (Lipinski definition) is 6. The van der Waals surface area contributed by atoms with E-state index in [1.165, 1.54) is 12.3 Å². The monoisotopic (exact) mass is 472 g/mol. The number of methoxy groups -OCH3 is 1. The lowest BCUT2D eigenvalue weighted by atomic mass is 9.94. The van der Waals surface area contributed by atoms with E-state index in [0.29, 0.717) is 17.9 Å². The molecule has 2 aliphatic rings. The van der Waals surface area contributed by atoms with Crippen molar-refractivity contribution in [3.8, 4) is 5.75 Å². The van der Waals surface area contributed by atoms with Crippen LogP contribution in [0.25, 0.3) is 0 Å². The Kier molecular flexibility index (Phi) is 6.42. The number of aliphatic hydroxyl groups is 1. The summed E-state index contributed by atoms with van der Waals surface area (Å²) < 4.78 is 10.6. The second-order valence-corrected chi connectivity index (χ2v) is 8.87. The number of amides is 1. The molecule has 0 radical (unpaired) electrons. The van der Waals surface area contributed by atoms with E-state index in [2.05, 4.69) is 17.0 Å². The summed E-state index contributed by atoms with van der Waals surface area (Å²) in [6.45, 7) is 2.21. The first-order valence-electron chi connectivity index (χ1n) is 11.8. The van der Waals surface area contributed by atoms with Crippen LogP contribution in [0.5, 0.6) is 5.75 Å². The van der Waals surface area contributed by atoms with Gasteiger partial charge in [-0.2, -0.15) is 0 Å². The summed E-state index contributed by atoms with van der Waals surface area (Å²) in [6.07, 6.45) is 3.61. The molecule has 3 heterocycles. The molecular weight excluding hydrogens is 444 g/mol. The molecule has 2 aromatic carbocycles. The fourth-order valence-corrected chi connectivity index (χ4v) is 5.09. The average Bonchev–Trinajstić information content (AvgIpc) is 3.66. The van der Waals surface area contributed by atoms with Gasteiger partial charge in [0.15, 0.2) is 11.5 Å². The molecule has 7 nitrogen and oxygen atoms in total. The van der Waals surface area contributed by atoms with Gasteiger partial charge in [0.2, 0.25) is 5.78 Å². The second kappa shape index (κ2) is 9.80. The van der Waals surface area contributed by atoms with Gasteiger partial charge in [-0.3, -0.25) is 14.5 Å². The van der Waals surface area contributed by atoms with Gasteiger partial charge in [-0.25, -0.2) is 0 Å². The van der Waals surface area contributed by atoms with Crippen LogP contribution in [0.4, 0.5) is 0 Å². The van der Waals surface area contributed by atoms with Crippen molar-refractivity contribution < 1.29 is 23.8 Å². The van der Waals surface area contributed by atoms with Gasteiger partial charge in [0, 0.05) is 6.54 Å². The highest BCUT2D eigenvalue weighted by molar-refractivity contribution is 6.15. The van der Waals surface area contributed by atoms with Crippen LogP contribution in [0.2, 0.25) is 0 Å². The number of benzene rings is 2. The number of Topliss-reactive ketones (excluding diaryl/α,β-unsaturated/α-hetero) is 1. The molecule has 180 valence electrons. The number of aliphatic hydroxyl groups excluding tert-OH is 1. The molecule has 0 bridgehead atoms. The predicted molar refractivity (Wildman–Crippen MR) is 130 cm³/mol. The Morgan fingerprint density at radius 2 is 1.77 bits per heavy atom. The molecule has 2 atom stereocenters. The molecule has 2 unspecified atom stereocenters. The Morgan fingerprint density at radius 1 is 1.06 bits per heavy atom. The zero-order valence-electron chi connectivity index (χ0n) is 19.6. The third-order valence-electron chi connectivity index (χ3n) is 6.86. The standard InChI is InChI=1S/C28H28N2O5/c1-34-21-13-11-20(12-14-21)25-24(26(31)23-10-7-17-35-23)27(32)28(33)30(25)18-22(29-15-5-6-16-29)19-8-3-2-4-9-19/h2-4,7-14,17,22,25,32H,5-6,15-16,18H2,1H3. The smallest absolute Gasteiger partial charge is 0.290 e. The van der Waals surface area contributed by atoms with Gasteiger partial charge in [-0.1, -0.05) is 42.5 Å². The molecule has 7 heteroatoms. The van der Waals surface area contributed by atoms with E-state index in [1.54, 1.807) is 30.2 Å². The Morgan fingerprint density at radius 3 is 2.40 bits per heavy atom. The van der Waals surface area contributed by atoms with Gasteiger partial charge in [0.05, 0.1) is 31.0 Å². The van der Waals surface area contributed by atoms with Crippen molar-refractivity contribution in [2.24, 2.45) is 0 Å². The number of likely N-dealkylation sites (tertiary alicyclic amines) is 1. The third-order valence-corrected chi connectivity index (χ3v) is 6.86. The van der Waals surface area contributed by atoms with Gasteiger partial charge in [0.1, 0.15) is 5.75 Å². The number of rotatable bonds is 8. The summed E-state index contributed by atoms with van der Waals surface area (Å²) in [5.74, 6) is -0.835. The summed E-state index contributed by atoms with van der Waals surface area (Å²) in [5, 5.41) is 11.0. The lowest BCUT2D eigenvalue weighted by Crippen LogP contribution is -2.40. The molecule has 2 aliphatic heterocycles. The van der Waals surface area contributed by atoms with E-state index >= 15 is 0 Å². The summed E-state index contributed by atoms with van der Waals surface area (Å²) in [4.78, 5) is 30.9. The molecule has 0 spiro atoms. The van der Waals surface area contributed by atoms with E-state index in [1.807, 2.05) is 30.3 Å². The minimum Gasteiger partial charge on any atom is -0.503 e. The summed E-state index contributed by atoms with van der Waals surface area (Å²) in [5.41, 5.74) is 1.84. The van der Waals surface area contributed by atoms with Gasteiger partial charge in [0.25, 0.3) is 5.91 Å². The van der Waals surface area contributed by atoms with Crippen LogP contribution in [0, 0.1) is 0 Å². The number of carbonyl (C=O) groups is 2. The maximum Gasteiger partial charge on any atom is 0.290 e. The van der Waals surface area contributed by atoms with Crippen LogP contribution in [-0.4, -0.2) is 53.3 Å². The summed E-state index contributed by atoms with van der Waals surface area (Å²) in [6, 6.07) is 19.7. The molecule has 1 fully saturated rings. The first-order chi connectivity index (χ1) is 17.1. The van der Waals surface area contributed by atoms with Crippen molar-refractivity contribution in [3.63, 3.8) is 0 Å². The Bertz CT molecular complexity index is 1210. The average molecular weight is 473 g/mol. The molecule has 35 heavy (non-hydrogen) atoms. The molecule has 1 N–H and O–H groups in total. The van der Waals surface area contributed by atoms with E-state index < -0.39 is 23.5 Å². The molecule has 1 amide bonds.